The van der Waals surface area contributed by atoms with E-state index < -0.39 is 10.0 Å². The molecule has 12 heteroatoms. The predicted octanol–water partition coefficient (Wildman–Crippen LogP) is 3.12. The number of methoxy groups -OCH3 is 1. The normalized spacial score (nSPS) is 17.0. The van der Waals surface area contributed by atoms with Crippen molar-refractivity contribution in [3.8, 4) is 11.4 Å². The molecule has 0 bridgehead atoms. The zero-order valence-corrected chi connectivity index (χ0v) is 21.1. The van der Waals surface area contributed by atoms with Gasteiger partial charge >= 0.3 is 0 Å². The van der Waals surface area contributed by atoms with Gasteiger partial charge in [-0.05, 0) is 37.9 Å². The number of fused-ring (bicyclic) bond motifs is 1. The molecule has 0 unspecified atom stereocenters. The molecule has 10 nitrogen and oxygen atoms in total. The average Bonchev–Trinajstić information content (AvgIpc) is 3.66. The number of anilines is 2. The van der Waals surface area contributed by atoms with Gasteiger partial charge < -0.3 is 14.8 Å². The first-order valence-electron chi connectivity index (χ1n) is 11.7. The number of hydrogen-bond donors (Lipinski definition) is 2. The van der Waals surface area contributed by atoms with Crippen molar-refractivity contribution in [1.29, 1.82) is 0 Å². The van der Waals surface area contributed by atoms with E-state index in [4.69, 9.17) is 26.2 Å². The highest BCUT2D eigenvalue weighted by molar-refractivity contribution is 7.93. The first-order valence-corrected chi connectivity index (χ1v) is 13.7. The molecule has 188 valence electrons. The van der Waals surface area contributed by atoms with E-state index in [0.717, 1.165) is 56.7 Å². The van der Waals surface area contributed by atoms with Crippen LogP contribution in [0.1, 0.15) is 19.3 Å². The Morgan fingerprint density at radius 3 is 2.77 bits per heavy atom. The number of benzene rings is 1. The fourth-order valence-corrected chi connectivity index (χ4v) is 5.71. The van der Waals surface area contributed by atoms with Crippen LogP contribution >= 0.6 is 11.6 Å². The summed E-state index contributed by atoms with van der Waals surface area (Å²) in [6.07, 6.45) is 4.06. The number of nitrogens with zero attached hydrogens (tertiary/aromatic N) is 4. The zero-order valence-electron chi connectivity index (χ0n) is 19.5. The predicted molar refractivity (Wildman–Crippen MR) is 136 cm³/mol. The van der Waals surface area contributed by atoms with Gasteiger partial charge in [0.15, 0.2) is 5.82 Å². The van der Waals surface area contributed by atoms with Crippen molar-refractivity contribution in [1.82, 2.24) is 19.7 Å². The van der Waals surface area contributed by atoms with Crippen LogP contribution in [0.15, 0.2) is 30.5 Å². The maximum Gasteiger partial charge on any atom is 0.235 e. The second-order valence-corrected chi connectivity index (χ2v) is 11.1. The molecule has 0 amide bonds. The molecule has 2 N–H and O–H groups in total. The van der Waals surface area contributed by atoms with Crippen molar-refractivity contribution in [2.24, 2.45) is 0 Å². The molecule has 0 spiro atoms. The molecule has 35 heavy (non-hydrogen) atoms. The Morgan fingerprint density at radius 1 is 1.23 bits per heavy atom. The van der Waals surface area contributed by atoms with E-state index in [-0.39, 0.29) is 5.25 Å². The number of sulfonamides is 1. The smallest absolute Gasteiger partial charge is 0.235 e. The minimum Gasteiger partial charge on any atom is -0.494 e. The second kappa shape index (κ2) is 10.2. The summed E-state index contributed by atoms with van der Waals surface area (Å²) < 4.78 is 40.1. The third-order valence-electron chi connectivity index (χ3n) is 6.21. The Labute approximate surface area is 209 Å². The minimum absolute atomic E-state index is 0.310. The van der Waals surface area contributed by atoms with Crippen LogP contribution in [0.3, 0.4) is 0 Å². The molecule has 1 saturated heterocycles. The van der Waals surface area contributed by atoms with Crippen molar-refractivity contribution >= 4 is 44.0 Å². The molecule has 0 radical (unpaired) electrons. The minimum atomic E-state index is -3.37. The number of nitrogens with one attached hydrogen (secondary N) is 2. The van der Waals surface area contributed by atoms with Crippen LogP contribution in [0.4, 0.5) is 11.5 Å². The lowest BCUT2D eigenvalue weighted by Crippen LogP contribution is -2.37. The monoisotopic (exact) mass is 520 g/mol. The number of halogens is 1. The Hall–Kier alpha value is -2.60. The van der Waals surface area contributed by atoms with Gasteiger partial charge in [-0.2, -0.15) is 0 Å². The van der Waals surface area contributed by atoms with Gasteiger partial charge in [-0.15, -0.1) is 5.10 Å². The summed E-state index contributed by atoms with van der Waals surface area (Å²) in [5, 5.41) is 9.10. The summed E-state index contributed by atoms with van der Waals surface area (Å²) in [6, 6.07) is 6.92. The van der Waals surface area contributed by atoms with E-state index in [9.17, 15) is 8.42 Å². The van der Waals surface area contributed by atoms with E-state index in [1.807, 2.05) is 0 Å². The fourth-order valence-electron chi connectivity index (χ4n) is 4.18. The first-order chi connectivity index (χ1) is 16.9. The van der Waals surface area contributed by atoms with Crippen LogP contribution in [-0.4, -0.2) is 79.8 Å². The molecule has 2 fully saturated rings. The van der Waals surface area contributed by atoms with Gasteiger partial charge in [0.05, 0.1) is 42.2 Å². The standard InChI is InChI=1S/C23H29ClN6O4S/c1-33-21-13-16(28-35(31,32)17-4-5-17)3-6-19(21)30-20-14-22(24)26-15-18(20)23(27-30)25-7-2-8-29-9-11-34-12-10-29/h3,6,13-15,17,28H,2,4-5,7-12H2,1H3,(H,25,27). The Bertz CT molecular complexity index is 1300. The second-order valence-electron chi connectivity index (χ2n) is 8.75. The molecule has 0 atom stereocenters. The van der Waals surface area contributed by atoms with Gasteiger partial charge in [0.1, 0.15) is 16.6 Å². The largest absolute Gasteiger partial charge is 0.494 e. The number of morpholine rings is 1. The lowest BCUT2D eigenvalue weighted by atomic mass is 10.2. The van der Waals surface area contributed by atoms with Crippen LogP contribution in [0.2, 0.25) is 5.15 Å². The molecular formula is C23H29ClN6O4S. The quantitative estimate of drug-likeness (QED) is 0.310. The van der Waals surface area contributed by atoms with Gasteiger partial charge in [0.2, 0.25) is 10.0 Å². The van der Waals surface area contributed by atoms with Gasteiger partial charge in [0.25, 0.3) is 0 Å². The zero-order chi connectivity index (χ0) is 24.4. The van der Waals surface area contributed by atoms with E-state index in [2.05, 4.69) is 19.9 Å². The Kier molecular flexibility index (Phi) is 7.01. The van der Waals surface area contributed by atoms with Gasteiger partial charge in [-0.1, -0.05) is 11.6 Å². The molecule has 1 aromatic carbocycles. The Morgan fingerprint density at radius 2 is 2.03 bits per heavy atom. The molecule has 1 saturated carbocycles. The van der Waals surface area contributed by atoms with Gasteiger partial charge in [0, 0.05) is 38.0 Å². The van der Waals surface area contributed by atoms with E-state index in [1.54, 1.807) is 42.3 Å². The van der Waals surface area contributed by atoms with Gasteiger partial charge in [-0.25, -0.2) is 18.1 Å². The summed E-state index contributed by atoms with van der Waals surface area (Å²) >= 11 is 6.21. The van der Waals surface area contributed by atoms with Crippen molar-refractivity contribution in [2.45, 2.75) is 24.5 Å². The highest BCUT2D eigenvalue weighted by atomic mass is 35.5. The van der Waals surface area contributed by atoms with Crippen molar-refractivity contribution in [3.63, 3.8) is 0 Å². The third-order valence-corrected chi connectivity index (χ3v) is 8.29. The van der Waals surface area contributed by atoms with Crippen molar-refractivity contribution in [2.75, 3.05) is 56.5 Å². The van der Waals surface area contributed by atoms with Crippen LogP contribution in [0.5, 0.6) is 5.75 Å². The summed E-state index contributed by atoms with van der Waals surface area (Å²) in [5.41, 5.74) is 1.89. The molecular weight excluding hydrogens is 492 g/mol. The maximum absolute atomic E-state index is 12.4. The van der Waals surface area contributed by atoms with Crippen LogP contribution in [0, 0.1) is 0 Å². The van der Waals surface area contributed by atoms with E-state index in [1.165, 1.54) is 0 Å². The van der Waals surface area contributed by atoms with E-state index >= 15 is 0 Å². The molecule has 1 aliphatic heterocycles. The lowest BCUT2D eigenvalue weighted by molar-refractivity contribution is 0.0378. The molecule has 3 heterocycles. The number of rotatable bonds is 10. The molecule has 3 aromatic rings. The van der Waals surface area contributed by atoms with Crippen LogP contribution < -0.4 is 14.8 Å². The highest BCUT2D eigenvalue weighted by Gasteiger charge is 2.35. The lowest BCUT2D eigenvalue weighted by Gasteiger charge is -2.26. The Balaban J connectivity index is 1.38. The molecule has 1 aliphatic carbocycles. The molecule has 2 aliphatic rings. The topological polar surface area (TPSA) is 111 Å². The summed E-state index contributed by atoms with van der Waals surface area (Å²) in [7, 11) is -1.83. The third kappa shape index (κ3) is 5.48. The van der Waals surface area contributed by atoms with Crippen molar-refractivity contribution < 1.29 is 17.9 Å². The van der Waals surface area contributed by atoms with Crippen LogP contribution in [0.25, 0.3) is 16.6 Å². The highest BCUT2D eigenvalue weighted by Crippen LogP contribution is 2.34. The first kappa shape index (κ1) is 24.1. The number of pyridine rings is 1. The summed E-state index contributed by atoms with van der Waals surface area (Å²) in [5.74, 6) is 1.18. The molecule has 2 aromatic heterocycles. The maximum atomic E-state index is 12.4. The van der Waals surface area contributed by atoms with Crippen molar-refractivity contribution in [3.05, 3.63) is 35.6 Å². The number of ether oxygens (including phenoxy) is 2. The number of aromatic nitrogens is 3. The summed E-state index contributed by atoms with van der Waals surface area (Å²) in [4.78, 5) is 6.63. The fraction of sp³-hybridized carbons (Fsp3) is 0.478. The molecule has 5 rings (SSSR count). The number of hydrogen-bond acceptors (Lipinski definition) is 8. The average molecular weight is 521 g/mol. The van der Waals surface area contributed by atoms with Gasteiger partial charge in [-0.3, -0.25) is 9.62 Å². The van der Waals surface area contributed by atoms with E-state index in [0.29, 0.717) is 40.9 Å². The SMILES string of the molecule is COc1cc(NS(=O)(=O)C2CC2)ccc1-n1nc(NCCCN2CCOCC2)c2cnc(Cl)cc21. The van der Waals surface area contributed by atoms with Crippen LogP contribution in [-0.2, 0) is 14.8 Å². The summed E-state index contributed by atoms with van der Waals surface area (Å²) in [6.45, 7) is 5.25.